The minimum Gasteiger partial charge on any atom is -0.305 e. The van der Waals surface area contributed by atoms with Crippen LogP contribution in [0, 0.1) is 0 Å². The maximum absolute atomic E-state index is 12.2. The molecule has 1 aromatic carbocycles. The summed E-state index contributed by atoms with van der Waals surface area (Å²) in [5.74, 6) is 0.0134. The van der Waals surface area contributed by atoms with Crippen molar-refractivity contribution in [1.82, 2.24) is 14.7 Å². The van der Waals surface area contributed by atoms with Gasteiger partial charge in [-0.05, 0) is 50.9 Å². The fourth-order valence-corrected chi connectivity index (χ4v) is 2.19. The van der Waals surface area contributed by atoms with Crippen molar-refractivity contribution in [2.45, 2.75) is 20.0 Å². The van der Waals surface area contributed by atoms with Crippen LogP contribution in [0.4, 0.5) is 0 Å². The smallest absolute Gasteiger partial charge is 0.185 e. The fourth-order valence-electron chi connectivity index (χ4n) is 2.19. The Morgan fingerprint density at radius 1 is 1.33 bits per heavy atom. The van der Waals surface area contributed by atoms with Crippen molar-refractivity contribution in [3.05, 3.63) is 59.4 Å². The summed E-state index contributed by atoms with van der Waals surface area (Å²) in [4.78, 5) is 14.3. The molecule has 0 spiro atoms. The summed E-state index contributed by atoms with van der Waals surface area (Å²) in [6.45, 7) is 3.64. The molecule has 0 amide bonds. The normalized spacial score (nSPS) is 11.4. The van der Waals surface area contributed by atoms with Crippen molar-refractivity contribution in [3.63, 3.8) is 0 Å². The van der Waals surface area contributed by atoms with E-state index in [1.807, 2.05) is 62.1 Å². The van der Waals surface area contributed by atoms with E-state index in [2.05, 4.69) is 10.00 Å². The Hall–Kier alpha value is -2.20. The Balaban J connectivity index is 2.13. The highest BCUT2D eigenvalue weighted by Gasteiger charge is 2.04. The van der Waals surface area contributed by atoms with Gasteiger partial charge in [-0.1, -0.05) is 18.2 Å². The highest BCUT2D eigenvalue weighted by atomic mass is 16.1. The number of hydrogen-bond acceptors (Lipinski definition) is 3. The molecule has 4 heteroatoms. The molecule has 2 aromatic rings. The van der Waals surface area contributed by atoms with E-state index in [4.69, 9.17) is 0 Å². The van der Waals surface area contributed by atoms with Crippen LogP contribution in [0.5, 0.6) is 0 Å². The first kappa shape index (κ1) is 15.2. The number of aryl methyl sites for hydroxylation is 1. The average molecular weight is 283 g/mol. The van der Waals surface area contributed by atoms with E-state index in [0.29, 0.717) is 5.56 Å². The van der Waals surface area contributed by atoms with Crippen molar-refractivity contribution >= 4 is 11.9 Å². The summed E-state index contributed by atoms with van der Waals surface area (Å²) >= 11 is 0. The molecule has 0 unspecified atom stereocenters. The van der Waals surface area contributed by atoms with Gasteiger partial charge >= 0.3 is 0 Å². The molecule has 1 heterocycles. The number of hydrogen-bond donors (Lipinski definition) is 0. The van der Waals surface area contributed by atoms with Crippen LogP contribution in [0.1, 0.15) is 28.5 Å². The van der Waals surface area contributed by atoms with Gasteiger partial charge in [-0.25, -0.2) is 0 Å². The number of carbonyl (C=O) groups is 1. The second-order valence-electron chi connectivity index (χ2n) is 5.21. The van der Waals surface area contributed by atoms with Gasteiger partial charge < -0.3 is 4.90 Å². The van der Waals surface area contributed by atoms with E-state index in [-0.39, 0.29) is 5.78 Å². The minimum absolute atomic E-state index is 0.0134. The average Bonchev–Trinajstić information content (AvgIpc) is 2.91. The molecule has 2 rings (SSSR count). The SMILES string of the molecule is CCn1nccc1C=CC(=O)c1cccc(CN(C)C)c1. The summed E-state index contributed by atoms with van der Waals surface area (Å²) in [6.07, 6.45) is 5.17. The quantitative estimate of drug-likeness (QED) is 0.604. The predicted octanol–water partition coefficient (Wildman–Crippen LogP) is 2.86. The van der Waals surface area contributed by atoms with Crippen LogP contribution in [0.3, 0.4) is 0 Å². The van der Waals surface area contributed by atoms with E-state index >= 15 is 0 Å². The number of aromatic nitrogens is 2. The van der Waals surface area contributed by atoms with Crippen molar-refractivity contribution in [2.24, 2.45) is 0 Å². The summed E-state index contributed by atoms with van der Waals surface area (Å²) in [7, 11) is 4.03. The molecule has 4 nitrogen and oxygen atoms in total. The van der Waals surface area contributed by atoms with Crippen molar-refractivity contribution in [2.75, 3.05) is 14.1 Å². The van der Waals surface area contributed by atoms with Gasteiger partial charge in [0.2, 0.25) is 0 Å². The maximum Gasteiger partial charge on any atom is 0.185 e. The third-order valence-corrected chi connectivity index (χ3v) is 3.16. The summed E-state index contributed by atoms with van der Waals surface area (Å²) in [5.41, 5.74) is 2.79. The highest BCUT2D eigenvalue weighted by molar-refractivity contribution is 6.06. The number of allylic oxidation sites excluding steroid dienone is 1. The maximum atomic E-state index is 12.2. The van der Waals surface area contributed by atoms with Crippen molar-refractivity contribution in [3.8, 4) is 0 Å². The lowest BCUT2D eigenvalue weighted by Gasteiger charge is -2.09. The Labute approximate surface area is 125 Å². The zero-order valence-electron chi connectivity index (χ0n) is 12.8. The van der Waals surface area contributed by atoms with E-state index in [0.717, 1.165) is 24.3 Å². The molecule has 0 radical (unpaired) electrons. The lowest BCUT2D eigenvalue weighted by atomic mass is 10.1. The first-order chi connectivity index (χ1) is 10.1. The van der Waals surface area contributed by atoms with E-state index in [1.165, 1.54) is 0 Å². The van der Waals surface area contributed by atoms with Gasteiger partial charge in [0.25, 0.3) is 0 Å². The van der Waals surface area contributed by atoms with E-state index in [1.54, 1.807) is 12.3 Å². The molecule has 0 atom stereocenters. The number of carbonyl (C=O) groups excluding carboxylic acids is 1. The van der Waals surface area contributed by atoms with Crippen LogP contribution in [-0.4, -0.2) is 34.6 Å². The van der Waals surface area contributed by atoms with Gasteiger partial charge in [0.15, 0.2) is 5.78 Å². The standard InChI is InChI=1S/C17H21N3O/c1-4-20-16(10-11-18-20)8-9-17(21)15-7-5-6-14(12-15)13-19(2)3/h5-12H,4,13H2,1-3H3. The van der Waals surface area contributed by atoms with E-state index < -0.39 is 0 Å². The predicted molar refractivity (Wildman–Crippen MR) is 85.1 cm³/mol. The zero-order chi connectivity index (χ0) is 15.2. The molecule has 0 bridgehead atoms. The van der Waals surface area contributed by atoms with Crippen LogP contribution in [0.15, 0.2) is 42.6 Å². The van der Waals surface area contributed by atoms with Gasteiger partial charge in [-0.2, -0.15) is 5.10 Å². The molecular weight excluding hydrogens is 262 g/mol. The minimum atomic E-state index is 0.0134. The molecule has 0 aliphatic carbocycles. The van der Waals surface area contributed by atoms with E-state index in [9.17, 15) is 4.79 Å². The molecule has 0 saturated carbocycles. The monoisotopic (exact) mass is 283 g/mol. The molecule has 0 saturated heterocycles. The summed E-state index contributed by atoms with van der Waals surface area (Å²) < 4.78 is 1.85. The number of benzene rings is 1. The van der Waals surface area contributed by atoms with Gasteiger partial charge in [0.1, 0.15) is 0 Å². The highest BCUT2D eigenvalue weighted by Crippen LogP contribution is 2.10. The second kappa shape index (κ2) is 6.99. The molecule has 21 heavy (non-hydrogen) atoms. The molecular formula is C17H21N3O. The molecule has 0 aliphatic heterocycles. The molecule has 0 fully saturated rings. The fraction of sp³-hybridized carbons (Fsp3) is 0.294. The number of nitrogens with zero attached hydrogens (tertiary/aromatic N) is 3. The lowest BCUT2D eigenvalue weighted by molar-refractivity contribution is 0.104. The molecule has 0 N–H and O–H groups in total. The first-order valence-corrected chi connectivity index (χ1v) is 7.08. The topological polar surface area (TPSA) is 38.1 Å². The molecule has 1 aromatic heterocycles. The van der Waals surface area contributed by atoms with Crippen LogP contribution in [0.2, 0.25) is 0 Å². The van der Waals surface area contributed by atoms with Gasteiger partial charge in [-0.15, -0.1) is 0 Å². The molecule has 0 aliphatic rings. The number of rotatable bonds is 6. The van der Waals surface area contributed by atoms with Crippen LogP contribution in [0.25, 0.3) is 6.08 Å². The number of ketones is 1. The van der Waals surface area contributed by atoms with Crippen LogP contribution in [-0.2, 0) is 13.1 Å². The first-order valence-electron chi connectivity index (χ1n) is 7.08. The van der Waals surface area contributed by atoms with Crippen molar-refractivity contribution in [1.29, 1.82) is 0 Å². The van der Waals surface area contributed by atoms with Crippen molar-refractivity contribution < 1.29 is 4.79 Å². The van der Waals surface area contributed by atoms with Crippen LogP contribution >= 0.6 is 0 Å². The summed E-state index contributed by atoms with van der Waals surface area (Å²) in [6, 6.07) is 9.66. The Kier molecular flexibility index (Phi) is 5.06. The lowest BCUT2D eigenvalue weighted by Crippen LogP contribution is -2.11. The van der Waals surface area contributed by atoms with Gasteiger partial charge in [0, 0.05) is 24.8 Å². The third-order valence-electron chi connectivity index (χ3n) is 3.16. The Morgan fingerprint density at radius 2 is 2.14 bits per heavy atom. The Bertz CT molecular complexity index is 641. The molecule has 110 valence electrons. The van der Waals surface area contributed by atoms with Crippen LogP contribution < -0.4 is 0 Å². The van der Waals surface area contributed by atoms with Gasteiger partial charge in [-0.3, -0.25) is 9.48 Å². The third kappa shape index (κ3) is 4.13. The summed E-state index contributed by atoms with van der Waals surface area (Å²) in [5, 5.41) is 4.18. The zero-order valence-corrected chi connectivity index (χ0v) is 12.8. The largest absolute Gasteiger partial charge is 0.305 e. The second-order valence-corrected chi connectivity index (χ2v) is 5.21. The Morgan fingerprint density at radius 3 is 2.86 bits per heavy atom. The van der Waals surface area contributed by atoms with Gasteiger partial charge in [0.05, 0.1) is 5.69 Å².